The molecule has 0 fully saturated rings. The number of allylic oxidation sites excluding steroid dienone is 2. The van der Waals surface area contributed by atoms with Crippen LogP contribution in [0.15, 0.2) is 11.6 Å². The van der Waals surface area contributed by atoms with Gasteiger partial charge in [-0.2, -0.15) is 0 Å². The third-order valence-corrected chi connectivity index (χ3v) is 1.60. The average Bonchev–Trinajstić information content (AvgIpc) is 1.87. The van der Waals surface area contributed by atoms with Crippen LogP contribution in [0.5, 0.6) is 0 Å². The summed E-state index contributed by atoms with van der Waals surface area (Å²) in [4.78, 5) is 0. The van der Waals surface area contributed by atoms with Crippen LogP contribution in [-0.2, 0) is 0 Å². The van der Waals surface area contributed by atoms with Gasteiger partial charge in [-0.3, -0.25) is 0 Å². The van der Waals surface area contributed by atoms with Gasteiger partial charge in [-0.15, -0.1) is 0 Å². The van der Waals surface area contributed by atoms with Crippen molar-refractivity contribution in [3.05, 3.63) is 24.5 Å². The first-order chi connectivity index (χ1) is 4.66. The minimum absolute atomic E-state index is 1.20. The lowest BCUT2D eigenvalue weighted by atomic mass is 10.0. The molecule has 10 heavy (non-hydrogen) atoms. The van der Waals surface area contributed by atoms with Crippen LogP contribution in [0.2, 0.25) is 0 Å². The molecule has 0 aliphatic rings. The van der Waals surface area contributed by atoms with E-state index >= 15 is 0 Å². The minimum atomic E-state index is 1.20. The van der Waals surface area contributed by atoms with Crippen LogP contribution in [0, 0.1) is 12.8 Å². The maximum atomic E-state index is 3.71. The Kier molecular flexibility index (Phi) is 5.38. The molecule has 0 heteroatoms. The van der Waals surface area contributed by atoms with Gasteiger partial charge in [-0.25, -0.2) is 0 Å². The Morgan fingerprint density at radius 1 is 1.20 bits per heavy atom. The molecule has 0 saturated carbocycles. The van der Waals surface area contributed by atoms with E-state index < -0.39 is 0 Å². The molecule has 0 N–H and O–H groups in total. The molecule has 0 unspecified atom stereocenters. The van der Waals surface area contributed by atoms with Crippen LogP contribution >= 0.6 is 0 Å². The van der Waals surface area contributed by atoms with Crippen molar-refractivity contribution in [3.63, 3.8) is 0 Å². The fourth-order valence-corrected chi connectivity index (χ4v) is 0.823. The third kappa shape index (κ3) is 5.87. The molecule has 2 radical (unpaired) electrons. The van der Waals surface area contributed by atoms with Gasteiger partial charge in [0.05, 0.1) is 0 Å². The van der Waals surface area contributed by atoms with Crippen molar-refractivity contribution in [2.24, 2.45) is 0 Å². The predicted octanol–water partition coefficient (Wildman–Crippen LogP) is 3.55. The van der Waals surface area contributed by atoms with E-state index in [9.17, 15) is 0 Å². The molecule has 0 nitrogen and oxygen atoms in total. The number of rotatable bonds is 4. The van der Waals surface area contributed by atoms with E-state index in [0.29, 0.717) is 0 Å². The molecule has 0 rings (SSSR count). The normalized spacial score (nSPS) is 12.7. The highest BCUT2D eigenvalue weighted by Crippen LogP contribution is 2.12. The zero-order valence-corrected chi connectivity index (χ0v) is 7.41. The van der Waals surface area contributed by atoms with Crippen molar-refractivity contribution in [3.8, 4) is 0 Å². The summed E-state index contributed by atoms with van der Waals surface area (Å²) in [6.45, 7) is 10.2. The molecule has 0 saturated heterocycles. The fourth-order valence-electron chi connectivity index (χ4n) is 0.823. The van der Waals surface area contributed by atoms with Crippen LogP contribution < -0.4 is 0 Å². The lowest BCUT2D eigenvalue weighted by Crippen LogP contribution is -1.84. The van der Waals surface area contributed by atoms with Crippen molar-refractivity contribution in [1.82, 2.24) is 0 Å². The van der Waals surface area contributed by atoms with Gasteiger partial charge in [0, 0.05) is 0 Å². The van der Waals surface area contributed by atoms with E-state index in [2.05, 4.69) is 27.7 Å². The molecule has 0 aromatic heterocycles. The molecule has 0 atom stereocenters. The second-order valence-corrected chi connectivity index (χ2v) is 3.11. The van der Waals surface area contributed by atoms with E-state index in [4.69, 9.17) is 0 Å². The quantitative estimate of drug-likeness (QED) is 0.557. The van der Waals surface area contributed by atoms with Gasteiger partial charge in [0.2, 0.25) is 0 Å². The topological polar surface area (TPSA) is 0 Å². The zero-order valence-electron chi connectivity index (χ0n) is 7.41. The molecule has 0 spiro atoms. The highest BCUT2D eigenvalue weighted by atomic mass is 14.0. The summed E-state index contributed by atoms with van der Waals surface area (Å²) in [6.07, 6.45) is 5.69. The summed E-state index contributed by atoms with van der Waals surface area (Å²) in [5, 5.41) is 0. The Labute approximate surface area is 65.3 Å². The summed E-state index contributed by atoms with van der Waals surface area (Å²) in [5.41, 5.74) is 1.40. The molecule has 0 aromatic rings. The summed E-state index contributed by atoms with van der Waals surface area (Å²) < 4.78 is 0. The van der Waals surface area contributed by atoms with Crippen molar-refractivity contribution in [1.29, 1.82) is 0 Å². The highest BCUT2D eigenvalue weighted by molar-refractivity contribution is 4.99. The fraction of sp³-hybridized carbons (Fsp3) is 0.600. The maximum Gasteiger partial charge on any atom is -0.0303 e. The Bertz CT molecular complexity index is 98.6. The van der Waals surface area contributed by atoms with Gasteiger partial charge >= 0.3 is 0 Å². The van der Waals surface area contributed by atoms with Crippen LogP contribution in [0.25, 0.3) is 0 Å². The summed E-state index contributed by atoms with van der Waals surface area (Å²) in [6, 6.07) is 0. The first-order valence-corrected chi connectivity index (χ1v) is 3.90. The van der Waals surface area contributed by atoms with Gasteiger partial charge in [0.1, 0.15) is 0 Å². The average molecular weight is 138 g/mol. The zero-order chi connectivity index (χ0) is 7.98. The van der Waals surface area contributed by atoms with Crippen LogP contribution in [0.4, 0.5) is 0 Å². The first kappa shape index (κ1) is 9.74. The van der Waals surface area contributed by atoms with Crippen LogP contribution in [0.3, 0.4) is 0 Å². The molecule has 0 aromatic carbocycles. The van der Waals surface area contributed by atoms with Crippen molar-refractivity contribution in [2.75, 3.05) is 0 Å². The molecular formula is C10H18. The Morgan fingerprint density at radius 3 is 2.20 bits per heavy atom. The molecule has 0 aliphatic heterocycles. The van der Waals surface area contributed by atoms with Gasteiger partial charge in [0.25, 0.3) is 0 Å². The van der Waals surface area contributed by atoms with E-state index in [1.807, 2.05) is 6.08 Å². The molecule has 0 heterocycles. The second kappa shape index (κ2) is 5.52. The maximum absolute atomic E-state index is 3.71. The Balaban J connectivity index is 3.20. The molecule has 58 valence electrons. The van der Waals surface area contributed by atoms with Crippen LogP contribution in [0.1, 0.15) is 40.0 Å². The van der Waals surface area contributed by atoms with Gasteiger partial charge in [-0.1, -0.05) is 25.5 Å². The van der Waals surface area contributed by atoms with Gasteiger partial charge < -0.3 is 0 Å². The lowest BCUT2D eigenvalue weighted by molar-refractivity contribution is 0.742. The lowest BCUT2D eigenvalue weighted by Gasteiger charge is -2.02. The van der Waals surface area contributed by atoms with Crippen molar-refractivity contribution in [2.45, 2.75) is 40.0 Å². The molecular weight excluding hydrogens is 120 g/mol. The molecule has 0 bridgehead atoms. The predicted molar refractivity (Wildman–Crippen MR) is 47.6 cm³/mol. The van der Waals surface area contributed by atoms with Gasteiger partial charge in [-0.05, 0) is 39.0 Å². The monoisotopic (exact) mass is 138 g/mol. The van der Waals surface area contributed by atoms with E-state index in [1.165, 1.54) is 30.8 Å². The molecule has 0 amide bonds. The van der Waals surface area contributed by atoms with Crippen LogP contribution in [-0.4, -0.2) is 0 Å². The largest absolute Gasteiger partial charge is 0.0853 e. The van der Waals surface area contributed by atoms with Gasteiger partial charge in [0.15, 0.2) is 0 Å². The molecule has 0 aliphatic carbocycles. The van der Waals surface area contributed by atoms with E-state index in [-0.39, 0.29) is 0 Å². The summed E-state index contributed by atoms with van der Waals surface area (Å²) in [5.74, 6) is 1.52. The minimum Gasteiger partial charge on any atom is -0.0853 e. The summed E-state index contributed by atoms with van der Waals surface area (Å²) >= 11 is 0. The Hall–Kier alpha value is -0.260. The Morgan fingerprint density at radius 2 is 1.80 bits per heavy atom. The highest BCUT2D eigenvalue weighted by Gasteiger charge is 1.94. The second-order valence-electron chi connectivity index (χ2n) is 3.11. The summed E-state index contributed by atoms with van der Waals surface area (Å²) in [7, 11) is 0. The van der Waals surface area contributed by atoms with E-state index in [1.54, 1.807) is 0 Å². The number of hydrogen-bond acceptors (Lipinski definition) is 0. The third-order valence-electron chi connectivity index (χ3n) is 1.60. The standard InChI is InChI=1S/C10H18/c1-5-10(4)8-6-7-9(2)3/h5H,1,6-8H2,2-4H3/b10-5+. The number of hydrogen-bond donors (Lipinski definition) is 0. The van der Waals surface area contributed by atoms with Crippen molar-refractivity contribution < 1.29 is 0 Å². The van der Waals surface area contributed by atoms with E-state index in [0.717, 1.165) is 0 Å². The SMILES string of the molecule is [CH2]/C=C(\C)CCC[C](C)C. The smallest absolute Gasteiger partial charge is 0.0303 e. The first-order valence-electron chi connectivity index (χ1n) is 3.90. The van der Waals surface area contributed by atoms with Crippen molar-refractivity contribution >= 4 is 0 Å².